The second-order valence-corrected chi connectivity index (χ2v) is 7.15. The number of hydrogen-bond donors (Lipinski definition) is 3. The van der Waals surface area contributed by atoms with E-state index in [2.05, 4.69) is 65.9 Å². The normalized spacial score (nSPS) is 12.0. The summed E-state index contributed by atoms with van der Waals surface area (Å²) in [4.78, 5) is 8.21. The van der Waals surface area contributed by atoms with Crippen molar-refractivity contribution in [3.05, 3.63) is 52.5 Å². The van der Waals surface area contributed by atoms with Crippen LogP contribution in [-0.4, -0.2) is 33.8 Å². The summed E-state index contributed by atoms with van der Waals surface area (Å²) in [6, 6.07) is 6.54. The lowest BCUT2D eigenvalue weighted by Crippen LogP contribution is -2.38. The molecule has 3 N–H and O–H groups in total. The molecule has 150 valence electrons. The molecule has 0 unspecified atom stereocenters. The molecule has 6 heteroatoms. The SMILES string of the molecule is CCNC(=NCc1c(C)nn(C)c1C)NCCc1c[nH]c2c(CC)cccc12. The molecule has 0 fully saturated rings. The first-order valence-corrected chi connectivity index (χ1v) is 10.1. The molecular weight excluding hydrogens is 348 g/mol. The predicted molar refractivity (Wildman–Crippen MR) is 117 cm³/mol. The summed E-state index contributed by atoms with van der Waals surface area (Å²) in [5, 5.41) is 12.6. The Kier molecular flexibility index (Phi) is 6.39. The first kappa shape index (κ1) is 20.0. The summed E-state index contributed by atoms with van der Waals surface area (Å²) in [5.41, 5.74) is 7.39. The number of nitrogens with zero attached hydrogens (tertiary/aromatic N) is 3. The quantitative estimate of drug-likeness (QED) is 0.435. The maximum atomic E-state index is 4.76. The Morgan fingerprint density at radius 3 is 2.68 bits per heavy atom. The molecule has 0 aliphatic carbocycles. The lowest BCUT2D eigenvalue weighted by Gasteiger charge is -2.11. The second-order valence-electron chi connectivity index (χ2n) is 7.15. The number of benzene rings is 1. The number of aromatic amines is 1. The van der Waals surface area contributed by atoms with Crippen molar-refractivity contribution in [1.82, 2.24) is 25.4 Å². The van der Waals surface area contributed by atoms with Crippen LogP contribution in [0.15, 0.2) is 29.4 Å². The van der Waals surface area contributed by atoms with E-state index in [1.54, 1.807) is 0 Å². The maximum Gasteiger partial charge on any atom is 0.191 e. The number of fused-ring (bicyclic) bond motifs is 1. The smallest absolute Gasteiger partial charge is 0.191 e. The molecule has 6 nitrogen and oxygen atoms in total. The minimum absolute atomic E-state index is 0.633. The number of aryl methyl sites for hydroxylation is 3. The molecule has 28 heavy (non-hydrogen) atoms. The number of aromatic nitrogens is 3. The van der Waals surface area contributed by atoms with Gasteiger partial charge in [0.2, 0.25) is 0 Å². The van der Waals surface area contributed by atoms with E-state index in [1.165, 1.54) is 33.3 Å². The van der Waals surface area contributed by atoms with Gasteiger partial charge in [0.05, 0.1) is 12.2 Å². The maximum absolute atomic E-state index is 4.76. The molecule has 0 amide bonds. The van der Waals surface area contributed by atoms with Gasteiger partial charge < -0.3 is 15.6 Å². The van der Waals surface area contributed by atoms with Crippen molar-refractivity contribution in [3.63, 3.8) is 0 Å². The number of rotatable bonds is 7. The summed E-state index contributed by atoms with van der Waals surface area (Å²) >= 11 is 0. The van der Waals surface area contributed by atoms with E-state index in [9.17, 15) is 0 Å². The molecule has 0 spiro atoms. The molecule has 2 aromatic heterocycles. The molecule has 3 aromatic rings. The van der Waals surface area contributed by atoms with Crippen molar-refractivity contribution >= 4 is 16.9 Å². The summed E-state index contributed by atoms with van der Waals surface area (Å²) < 4.78 is 1.92. The highest BCUT2D eigenvalue weighted by Crippen LogP contribution is 2.22. The van der Waals surface area contributed by atoms with Crippen LogP contribution in [0.4, 0.5) is 0 Å². The fraction of sp³-hybridized carbons (Fsp3) is 0.455. The number of aliphatic imine (C=N–C) groups is 1. The zero-order valence-electron chi connectivity index (χ0n) is 17.7. The number of para-hydroxylation sites is 1. The van der Waals surface area contributed by atoms with Crippen LogP contribution in [0.3, 0.4) is 0 Å². The summed E-state index contributed by atoms with van der Waals surface area (Å²) in [5.74, 6) is 0.847. The van der Waals surface area contributed by atoms with E-state index in [4.69, 9.17) is 4.99 Å². The summed E-state index contributed by atoms with van der Waals surface area (Å²) in [6.07, 6.45) is 4.13. The van der Waals surface area contributed by atoms with Crippen LogP contribution in [0.25, 0.3) is 10.9 Å². The van der Waals surface area contributed by atoms with Crippen LogP contribution in [0.1, 0.15) is 41.9 Å². The largest absolute Gasteiger partial charge is 0.361 e. The van der Waals surface area contributed by atoms with E-state index < -0.39 is 0 Å². The number of H-pyrrole nitrogens is 1. The van der Waals surface area contributed by atoms with Crippen molar-refractivity contribution in [2.45, 2.75) is 47.1 Å². The second kappa shape index (κ2) is 8.95. The van der Waals surface area contributed by atoms with Gasteiger partial charge in [-0.15, -0.1) is 0 Å². The standard InChI is InChI=1S/C22H32N6/c1-6-17-9-8-10-19-18(13-25-21(17)19)11-12-24-22(23-7-2)26-14-20-15(3)27-28(5)16(20)4/h8-10,13,25H,6-7,11-12,14H2,1-5H3,(H2,23,24,26). The van der Waals surface area contributed by atoms with Gasteiger partial charge in [-0.1, -0.05) is 25.1 Å². The highest BCUT2D eigenvalue weighted by Gasteiger charge is 2.10. The molecular formula is C22H32N6. The molecule has 0 saturated heterocycles. The third kappa shape index (κ3) is 4.21. The highest BCUT2D eigenvalue weighted by atomic mass is 15.3. The molecule has 0 aliphatic rings. The van der Waals surface area contributed by atoms with Crippen molar-refractivity contribution in [2.75, 3.05) is 13.1 Å². The van der Waals surface area contributed by atoms with Crippen LogP contribution < -0.4 is 10.6 Å². The fourth-order valence-corrected chi connectivity index (χ4v) is 3.64. The minimum atomic E-state index is 0.633. The van der Waals surface area contributed by atoms with Crippen LogP contribution >= 0.6 is 0 Å². The number of guanidine groups is 1. The first-order valence-electron chi connectivity index (χ1n) is 10.1. The van der Waals surface area contributed by atoms with E-state index in [1.807, 2.05) is 18.7 Å². The van der Waals surface area contributed by atoms with Crippen molar-refractivity contribution < 1.29 is 0 Å². The predicted octanol–water partition coefficient (Wildman–Crippen LogP) is 3.38. The molecule has 3 rings (SSSR count). The van der Waals surface area contributed by atoms with Gasteiger partial charge in [0.15, 0.2) is 5.96 Å². The van der Waals surface area contributed by atoms with Crippen LogP contribution in [0, 0.1) is 13.8 Å². The van der Waals surface area contributed by atoms with Crippen LogP contribution in [-0.2, 0) is 26.4 Å². The fourth-order valence-electron chi connectivity index (χ4n) is 3.64. The summed E-state index contributed by atoms with van der Waals surface area (Å²) in [7, 11) is 1.98. The van der Waals surface area contributed by atoms with Gasteiger partial charge in [0.1, 0.15) is 0 Å². The Bertz CT molecular complexity index is 963. The monoisotopic (exact) mass is 380 g/mol. The Morgan fingerprint density at radius 2 is 2.00 bits per heavy atom. The first-order chi connectivity index (χ1) is 13.5. The highest BCUT2D eigenvalue weighted by molar-refractivity contribution is 5.86. The van der Waals surface area contributed by atoms with Gasteiger partial charge in [0.25, 0.3) is 0 Å². The lowest BCUT2D eigenvalue weighted by atomic mass is 10.1. The third-order valence-electron chi connectivity index (χ3n) is 5.35. The van der Waals surface area contributed by atoms with Gasteiger partial charge in [-0.25, -0.2) is 4.99 Å². The van der Waals surface area contributed by atoms with E-state index >= 15 is 0 Å². The molecule has 0 saturated carbocycles. The molecule has 0 bridgehead atoms. The average Bonchev–Trinajstić information content (AvgIpc) is 3.20. The number of nitrogens with one attached hydrogen (secondary N) is 3. The van der Waals surface area contributed by atoms with Crippen molar-refractivity contribution in [3.8, 4) is 0 Å². The minimum Gasteiger partial charge on any atom is -0.361 e. The third-order valence-corrected chi connectivity index (χ3v) is 5.35. The van der Waals surface area contributed by atoms with E-state index in [0.717, 1.165) is 37.6 Å². The zero-order valence-corrected chi connectivity index (χ0v) is 17.7. The molecule has 0 radical (unpaired) electrons. The molecule has 2 heterocycles. The molecule has 0 aliphatic heterocycles. The van der Waals surface area contributed by atoms with Crippen molar-refractivity contribution in [1.29, 1.82) is 0 Å². The van der Waals surface area contributed by atoms with Crippen LogP contribution in [0.5, 0.6) is 0 Å². The molecule has 1 aromatic carbocycles. The Balaban J connectivity index is 1.65. The van der Waals surface area contributed by atoms with Crippen molar-refractivity contribution in [2.24, 2.45) is 12.0 Å². The Labute approximate surface area is 167 Å². The Morgan fingerprint density at radius 1 is 1.18 bits per heavy atom. The van der Waals surface area contributed by atoms with Gasteiger partial charge >= 0.3 is 0 Å². The topological polar surface area (TPSA) is 70.0 Å². The number of hydrogen-bond acceptors (Lipinski definition) is 2. The van der Waals surface area contributed by atoms with E-state index in [0.29, 0.717) is 6.54 Å². The molecule has 0 atom stereocenters. The van der Waals surface area contributed by atoms with Gasteiger partial charge in [-0.3, -0.25) is 4.68 Å². The van der Waals surface area contributed by atoms with Crippen LogP contribution in [0.2, 0.25) is 0 Å². The van der Waals surface area contributed by atoms with E-state index in [-0.39, 0.29) is 0 Å². The average molecular weight is 381 g/mol. The Hall–Kier alpha value is -2.76. The summed E-state index contributed by atoms with van der Waals surface area (Å²) in [6.45, 7) is 10.7. The van der Waals surface area contributed by atoms with Gasteiger partial charge in [-0.2, -0.15) is 5.10 Å². The zero-order chi connectivity index (χ0) is 20.1. The lowest BCUT2D eigenvalue weighted by molar-refractivity contribution is 0.730. The van der Waals surface area contributed by atoms with Gasteiger partial charge in [0, 0.05) is 48.5 Å². The van der Waals surface area contributed by atoms with Gasteiger partial charge in [-0.05, 0) is 44.7 Å².